The summed E-state index contributed by atoms with van der Waals surface area (Å²) in [6.07, 6.45) is 4.72. The third kappa shape index (κ3) is 4.07. The van der Waals surface area contributed by atoms with Gasteiger partial charge in [-0.25, -0.2) is 9.98 Å². The second kappa shape index (κ2) is 7.40. The van der Waals surface area contributed by atoms with Gasteiger partial charge in [-0.05, 0) is 26.0 Å². The highest BCUT2D eigenvalue weighted by Crippen LogP contribution is 2.27. The second-order valence-electron chi connectivity index (χ2n) is 5.70. The molecule has 1 aromatic heterocycles. The molecule has 0 aliphatic heterocycles. The van der Waals surface area contributed by atoms with Crippen LogP contribution >= 0.6 is 11.6 Å². The molecule has 22 heavy (non-hydrogen) atoms. The lowest BCUT2D eigenvalue weighted by atomic mass is 9.84. The molecule has 120 valence electrons. The van der Waals surface area contributed by atoms with E-state index in [1.807, 2.05) is 19.1 Å². The number of aliphatic imine (C=N–C) groups is 1. The molecule has 0 aliphatic rings. The number of rotatable bonds is 6. The van der Waals surface area contributed by atoms with Gasteiger partial charge in [0, 0.05) is 17.7 Å². The summed E-state index contributed by atoms with van der Waals surface area (Å²) in [4.78, 5) is 10.3. The minimum absolute atomic E-state index is 0.0590. The first-order valence-corrected chi connectivity index (χ1v) is 7.53. The predicted molar refractivity (Wildman–Crippen MR) is 94.6 cm³/mol. The molecule has 0 fully saturated rings. The summed E-state index contributed by atoms with van der Waals surface area (Å²) in [5.74, 6) is 0.888. The number of nitrogens with two attached hydrogens (primary N) is 1. The topological polar surface area (TPSA) is 78.4 Å². The van der Waals surface area contributed by atoms with Gasteiger partial charge in [-0.15, -0.1) is 6.58 Å². The zero-order valence-electron chi connectivity index (χ0n) is 13.5. The van der Waals surface area contributed by atoms with Crippen LogP contribution in [0.15, 0.2) is 36.0 Å². The number of hydrogen-bond acceptors (Lipinski definition) is 4. The number of pyridine rings is 1. The van der Waals surface area contributed by atoms with E-state index in [1.54, 1.807) is 24.1 Å². The van der Waals surface area contributed by atoms with Gasteiger partial charge in [0.25, 0.3) is 0 Å². The van der Waals surface area contributed by atoms with Gasteiger partial charge in [0.15, 0.2) is 0 Å². The van der Waals surface area contributed by atoms with Gasteiger partial charge >= 0.3 is 0 Å². The number of anilines is 1. The van der Waals surface area contributed by atoms with E-state index in [1.165, 1.54) is 6.34 Å². The van der Waals surface area contributed by atoms with Crippen LogP contribution in [0.25, 0.3) is 0 Å². The molecule has 5 nitrogen and oxygen atoms in total. The first-order valence-electron chi connectivity index (χ1n) is 7.09. The second-order valence-corrected chi connectivity index (χ2v) is 6.33. The van der Waals surface area contributed by atoms with Gasteiger partial charge in [0.2, 0.25) is 0 Å². The Kier molecular flexibility index (Phi) is 6.11. The van der Waals surface area contributed by atoms with E-state index in [2.05, 4.69) is 30.4 Å². The average molecular weight is 322 g/mol. The van der Waals surface area contributed by atoms with Gasteiger partial charge < -0.3 is 10.6 Å². The summed E-state index contributed by atoms with van der Waals surface area (Å²) in [6.45, 7) is 11.7. The Morgan fingerprint density at radius 3 is 2.64 bits per heavy atom. The van der Waals surface area contributed by atoms with Crippen molar-refractivity contribution in [3.8, 4) is 0 Å². The highest BCUT2D eigenvalue weighted by atomic mass is 35.5. The molecule has 1 aromatic rings. The van der Waals surface area contributed by atoms with Crippen LogP contribution in [0.1, 0.15) is 33.3 Å². The number of nitrogens with zero attached hydrogens (tertiary/aromatic N) is 3. The number of nitrogens with one attached hydrogen (secondary N) is 1. The molecule has 0 saturated carbocycles. The van der Waals surface area contributed by atoms with Gasteiger partial charge in [-0.1, -0.05) is 31.5 Å². The predicted octanol–water partition coefficient (Wildman–Crippen LogP) is 3.50. The summed E-state index contributed by atoms with van der Waals surface area (Å²) in [6, 6.07) is 3.55. The number of hydrogen-bond donors (Lipinski definition) is 2. The van der Waals surface area contributed by atoms with Gasteiger partial charge in [0.05, 0.1) is 11.9 Å². The Morgan fingerprint density at radius 2 is 2.18 bits per heavy atom. The molecule has 0 radical (unpaired) electrons. The zero-order valence-corrected chi connectivity index (χ0v) is 14.3. The van der Waals surface area contributed by atoms with Crippen LogP contribution < -0.4 is 5.73 Å². The molecule has 1 unspecified atom stereocenters. The third-order valence-corrected chi connectivity index (χ3v) is 3.88. The van der Waals surface area contributed by atoms with Crippen LogP contribution in [0.3, 0.4) is 0 Å². The van der Waals surface area contributed by atoms with Crippen molar-refractivity contribution in [2.24, 2.45) is 10.4 Å². The van der Waals surface area contributed by atoms with E-state index in [9.17, 15) is 0 Å². The molecule has 2 atom stereocenters. The number of nitrogen functional groups attached to an aromatic ring is 1. The fourth-order valence-corrected chi connectivity index (χ4v) is 2.03. The van der Waals surface area contributed by atoms with Crippen LogP contribution in [0.2, 0.25) is 0 Å². The van der Waals surface area contributed by atoms with Crippen LogP contribution in [-0.4, -0.2) is 33.6 Å². The number of alkyl halides is 1. The van der Waals surface area contributed by atoms with Gasteiger partial charge in [-0.3, -0.25) is 5.41 Å². The third-order valence-electron chi connectivity index (χ3n) is 3.78. The molecule has 0 amide bonds. The SMILES string of the molecule is C=CC(C)(C)[C@@H](C)N(C=N)C(=NC(C)Cl)c1cccnc1N. The Hall–Kier alpha value is -1.88. The van der Waals surface area contributed by atoms with Crippen molar-refractivity contribution >= 4 is 29.6 Å². The summed E-state index contributed by atoms with van der Waals surface area (Å²) < 4.78 is 0. The Morgan fingerprint density at radius 1 is 1.55 bits per heavy atom. The molecule has 6 heteroatoms. The fraction of sp³-hybridized carbons (Fsp3) is 0.438. The first-order chi connectivity index (χ1) is 10.2. The smallest absolute Gasteiger partial charge is 0.141 e. The summed E-state index contributed by atoms with van der Waals surface area (Å²) in [5, 5.41) is 7.82. The quantitative estimate of drug-likeness (QED) is 0.277. The van der Waals surface area contributed by atoms with Crippen molar-refractivity contribution < 1.29 is 0 Å². The minimum atomic E-state index is -0.448. The molecule has 0 aliphatic carbocycles. The number of aromatic nitrogens is 1. The van der Waals surface area contributed by atoms with Crippen LogP contribution in [-0.2, 0) is 0 Å². The average Bonchev–Trinajstić information content (AvgIpc) is 2.47. The summed E-state index contributed by atoms with van der Waals surface area (Å²) in [5.41, 5.74) is 5.95. The Labute approximate surface area is 137 Å². The molecular formula is C16H24ClN5. The fourth-order valence-electron chi connectivity index (χ4n) is 1.94. The number of halogens is 1. The lowest BCUT2D eigenvalue weighted by Gasteiger charge is -2.37. The van der Waals surface area contributed by atoms with Crippen LogP contribution in [0, 0.1) is 10.8 Å². The van der Waals surface area contributed by atoms with Gasteiger partial charge in [0.1, 0.15) is 17.2 Å². The lowest BCUT2D eigenvalue weighted by Crippen LogP contribution is -2.46. The standard InChI is InChI=1S/C16H24ClN5/c1-6-16(4,5)11(2)22(10-18)15(21-12(3)17)13-8-7-9-20-14(13)19/h6-12,18H,1H2,2-5H3,(H2,19,20)/t11-,12?/m1/s1. The molecule has 0 saturated heterocycles. The molecular weight excluding hydrogens is 298 g/mol. The molecule has 0 aromatic carbocycles. The van der Waals surface area contributed by atoms with Crippen LogP contribution in [0.5, 0.6) is 0 Å². The minimum Gasteiger partial charge on any atom is -0.383 e. The summed E-state index contributed by atoms with van der Waals surface area (Å²) >= 11 is 6.06. The van der Waals surface area contributed by atoms with E-state index in [-0.39, 0.29) is 11.5 Å². The van der Waals surface area contributed by atoms with E-state index >= 15 is 0 Å². The van der Waals surface area contributed by atoms with Crippen molar-refractivity contribution in [1.29, 1.82) is 5.41 Å². The lowest BCUT2D eigenvalue weighted by molar-refractivity contribution is 0.282. The maximum atomic E-state index is 7.82. The molecule has 1 rings (SSSR count). The van der Waals surface area contributed by atoms with E-state index < -0.39 is 5.50 Å². The molecule has 3 N–H and O–H groups in total. The van der Waals surface area contributed by atoms with Crippen molar-refractivity contribution in [2.45, 2.75) is 39.2 Å². The molecule has 0 bridgehead atoms. The Bertz CT molecular complexity index is 565. The highest BCUT2D eigenvalue weighted by molar-refractivity contribution is 6.21. The van der Waals surface area contributed by atoms with Crippen molar-refractivity contribution in [3.05, 3.63) is 36.5 Å². The Balaban J connectivity index is 3.41. The van der Waals surface area contributed by atoms with Crippen LogP contribution in [0.4, 0.5) is 5.82 Å². The maximum Gasteiger partial charge on any atom is 0.141 e. The normalized spacial score (nSPS) is 15.0. The van der Waals surface area contributed by atoms with Crippen molar-refractivity contribution in [2.75, 3.05) is 5.73 Å². The molecule has 1 heterocycles. The molecule has 0 spiro atoms. The largest absolute Gasteiger partial charge is 0.383 e. The van der Waals surface area contributed by atoms with Gasteiger partial charge in [-0.2, -0.15) is 0 Å². The van der Waals surface area contributed by atoms with Crippen molar-refractivity contribution in [1.82, 2.24) is 9.88 Å². The van der Waals surface area contributed by atoms with E-state index in [4.69, 9.17) is 22.7 Å². The monoisotopic (exact) mass is 321 g/mol. The zero-order chi connectivity index (χ0) is 16.9. The number of amidine groups is 1. The highest BCUT2D eigenvalue weighted by Gasteiger charge is 2.30. The maximum absolute atomic E-state index is 7.82. The van der Waals surface area contributed by atoms with E-state index in [0.717, 1.165) is 0 Å². The van der Waals surface area contributed by atoms with Crippen molar-refractivity contribution in [3.63, 3.8) is 0 Å². The first kappa shape index (κ1) is 18.2. The summed E-state index contributed by atoms with van der Waals surface area (Å²) in [7, 11) is 0. The van der Waals surface area contributed by atoms with E-state index in [0.29, 0.717) is 17.2 Å².